The van der Waals surface area contributed by atoms with Crippen molar-refractivity contribution in [3.63, 3.8) is 0 Å². The zero-order chi connectivity index (χ0) is 28.3. The van der Waals surface area contributed by atoms with Crippen molar-refractivity contribution in [1.29, 1.82) is 5.26 Å². The Morgan fingerprint density at radius 3 is 2.56 bits per heavy atom. The summed E-state index contributed by atoms with van der Waals surface area (Å²) in [6.07, 6.45) is -0.924. The second-order valence-electron chi connectivity index (χ2n) is 9.76. The number of carbonyl (C=O) groups excluding carboxylic acids is 1. The number of para-hydroxylation sites is 2. The predicted molar refractivity (Wildman–Crippen MR) is 150 cm³/mol. The van der Waals surface area contributed by atoms with Crippen molar-refractivity contribution in [3.8, 4) is 34.8 Å². The third-order valence-electron chi connectivity index (χ3n) is 6.90. The van der Waals surface area contributed by atoms with E-state index in [0.717, 1.165) is 11.1 Å². The number of aryl methyl sites for hydroxylation is 1. The number of ether oxygens (including phenoxy) is 5. The molecule has 0 fully saturated rings. The van der Waals surface area contributed by atoms with Gasteiger partial charge >= 0.3 is 5.97 Å². The van der Waals surface area contributed by atoms with Gasteiger partial charge in [-0.3, -0.25) is 0 Å². The number of hydrogen-bond donors (Lipinski definition) is 1. The van der Waals surface area contributed by atoms with E-state index >= 15 is 0 Å². The summed E-state index contributed by atoms with van der Waals surface area (Å²) in [5, 5.41) is 9.96. The van der Waals surface area contributed by atoms with E-state index in [4.69, 9.17) is 29.4 Å². The Bertz CT molecular complexity index is 1690. The number of esters is 1. The van der Waals surface area contributed by atoms with E-state index in [-0.39, 0.29) is 23.8 Å². The molecule has 0 saturated heterocycles. The molecule has 0 amide bonds. The van der Waals surface area contributed by atoms with Crippen LogP contribution < -0.4 is 29.4 Å². The summed E-state index contributed by atoms with van der Waals surface area (Å²) < 4.78 is 28.8. The average molecular weight is 547 g/mol. The molecule has 2 heterocycles. The van der Waals surface area contributed by atoms with E-state index in [1.807, 2.05) is 61.5 Å². The first-order chi connectivity index (χ1) is 20.0. The third kappa shape index (κ3) is 5.38. The SMILES string of the molecule is Cc1ccc(COc2cccc(C3C(C#N)=C(N)Oc4cc(OC(=O)C5COc6ccccc6O5)ccc43)c2)cc1. The Morgan fingerprint density at radius 1 is 0.951 bits per heavy atom. The average Bonchev–Trinajstić information content (AvgIpc) is 3.00. The van der Waals surface area contributed by atoms with Crippen molar-refractivity contribution in [2.75, 3.05) is 6.61 Å². The van der Waals surface area contributed by atoms with Gasteiger partial charge < -0.3 is 29.4 Å². The second kappa shape index (κ2) is 11.0. The fourth-order valence-electron chi connectivity index (χ4n) is 4.79. The smallest absolute Gasteiger partial charge is 0.356 e. The molecule has 204 valence electrons. The van der Waals surface area contributed by atoms with Crippen molar-refractivity contribution in [2.24, 2.45) is 5.73 Å². The molecule has 2 N–H and O–H groups in total. The molecule has 6 rings (SSSR count). The van der Waals surface area contributed by atoms with E-state index < -0.39 is 18.0 Å². The summed E-state index contributed by atoms with van der Waals surface area (Å²) in [4.78, 5) is 12.9. The van der Waals surface area contributed by atoms with Crippen molar-refractivity contribution in [2.45, 2.75) is 25.6 Å². The number of nitrogens with zero attached hydrogens (tertiary/aromatic N) is 1. The first kappa shape index (κ1) is 25.8. The molecule has 0 aliphatic carbocycles. The summed E-state index contributed by atoms with van der Waals surface area (Å²) in [7, 11) is 0. The number of nitrogens with two attached hydrogens (primary N) is 1. The fourth-order valence-corrected chi connectivity index (χ4v) is 4.79. The Labute approximate surface area is 237 Å². The van der Waals surface area contributed by atoms with Gasteiger partial charge in [0, 0.05) is 11.6 Å². The van der Waals surface area contributed by atoms with Gasteiger partial charge in [-0.1, -0.05) is 60.2 Å². The topological polar surface area (TPSA) is 113 Å². The van der Waals surface area contributed by atoms with Crippen molar-refractivity contribution in [3.05, 3.63) is 125 Å². The lowest BCUT2D eigenvalue weighted by molar-refractivity contribution is -0.144. The van der Waals surface area contributed by atoms with E-state index in [0.29, 0.717) is 35.2 Å². The van der Waals surface area contributed by atoms with Gasteiger partial charge in [0.1, 0.15) is 42.1 Å². The number of carbonyl (C=O) groups is 1. The molecule has 8 nitrogen and oxygen atoms in total. The van der Waals surface area contributed by atoms with Gasteiger partial charge in [-0.05, 0) is 48.4 Å². The number of nitriles is 1. The Hall–Kier alpha value is -5.42. The maximum atomic E-state index is 12.9. The molecule has 0 bridgehead atoms. The Balaban J connectivity index is 1.22. The van der Waals surface area contributed by atoms with Gasteiger partial charge in [0.15, 0.2) is 11.5 Å². The van der Waals surface area contributed by atoms with Crippen molar-refractivity contribution in [1.82, 2.24) is 0 Å². The van der Waals surface area contributed by atoms with E-state index in [1.165, 1.54) is 5.56 Å². The fraction of sp³-hybridized carbons (Fsp3) is 0.152. The number of hydrogen-bond acceptors (Lipinski definition) is 8. The first-order valence-corrected chi connectivity index (χ1v) is 13.1. The van der Waals surface area contributed by atoms with Crippen LogP contribution in [0.1, 0.15) is 28.2 Å². The van der Waals surface area contributed by atoms with Gasteiger partial charge in [-0.25, -0.2) is 4.79 Å². The van der Waals surface area contributed by atoms with Crippen LogP contribution in [-0.2, 0) is 11.4 Å². The number of fused-ring (bicyclic) bond motifs is 2. The highest BCUT2D eigenvalue weighted by Crippen LogP contribution is 2.44. The minimum atomic E-state index is -0.924. The predicted octanol–water partition coefficient (Wildman–Crippen LogP) is 5.54. The van der Waals surface area contributed by atoms with Crippen LogP contribution in [0.15, 0.2) is 102 Å². The van der Waals surface area contributed by atoms with Gasteiger partial charge in [-0.2, -0.15) is 5.26 Å². The zero-order valence-corrected chi connectivity index (χ0v) is 22.2. The van der Waals surface area contributed by atoms with Crippen LogP contribution in [0.25, 0.3) is 0 Å². The molecule has 0 saturated carbocycles. The standard InChI is InChI=1S/C33H26N2O6/c1-20-9-11-21(12-10-20)18-37-23-6-4-5-22(15-23)31-25-14-13-24(16-29(25)41-32(35)26(31)17-34)39-33(36)30-19-38-27-7-2-3-8-28(27)40-30/h2-16,30-31H,18-19,35H2,1H3. The Morgan fingerprint density at radius 2 is 1.76 bits per heavy atom. The lowest BCUT2D eigenvalue weighted by Gasteiger charge is -2.27. The van der Waals surface area contributed by atoms with Gasteiger partial charge in [0.25, 0.3) is 0 Å². The highest BCUT2D eigenvalue weighted by atomic mass is 16.6. The molecule has 41 heavy (non-hydrogen) atoms. The van der Waals surface area contributed by atoms with Crippen LogP contribution in [0.3, 0.4) is 0 Å². The summed E-state index contributed by atoms with van der Waals surface area (Å²) in [6, 6.07) is 30.0. The molecule has 4 aromatic carbocycles. The molecule has 0 spiro atoms. The van der Waals surface area contributed by atoms with Crippen LogP contribution in [0.5, 0.6) is 28.7 Å². The number of benzene rings is 4. The molecule has 0 radical (unpaired) electrons. The van der Waals surface area contributed by atoms with Gasteiger partial charge in [0.2, 0.25) is 12.0 Å². The number of rotatable bonds is 6. The minimum absolute atomic E-state index is 0.0138. The molecule has 2 aliphatic heterocycles. The van der Waals surface area contributed by atoms with Crippen LogP contribution >= 0.6 is 0 Å². The summed E-state index contributed by atoms with van der Waals surface area (Å²) in [5.74, 6) is 1.23. The van der Waals surface area contributed by atoms with Crippen molar-refractivity contribution >= 4 is 5.97 Å². The van der Waals surface area contributed by atoms with Crippen LogP contribution in [0, 0.1) is 18.3 Å². The highest BCUT2D eigenvalue weighted by molar-refractivity contribution is 5.78. The molecular formula is C33H26N2O6. The third-order valence-corrected chi connectivity index (χ3v) is 6.90. The summed E-state index contributed by atoms with van der Waals surface area (Å²) >= 11 is 0. The maximum absolute atomic E-state index is 12.9. The largest absolute Gasteiger partial charge is 0.489 e. The van der Waals surface area contributed by atoms with Crippen molar-refractivity contribution < 1.29 is 28.5 Å². The molecule has 2 atom stereocenters. The molecule has 0 aromatic heterocycles. The maximum Gasteiger partial charge on any atom is 0.356 e. The van der Waals surface area contributed by atoms with E-state index in [1.54, 1.807) is 36.4 Å². The Kier molecular flexibility index (Phi) is 6.92. The minimum Gasteiger partial charge on any atom is -0.489 e. The summed E-state index contributed by atoms with van der Waals surface area (Å²) in [6.45, 7) is 2.48. The van der Waals surface area contributed by atoms with Gasteiger partial charge in [0.05, 0.1) is 5.92 Å². The zero-order valence-electron chi connectivity index (χ0n) is 22.2. The van der Waals surface area contributed by atoms with Crippen LogP contribution in [-0.4, -0.2) is 18.7 Å². The highest BCUT2D eigenvalue weighted by Gasteiger charge is 2.33. The van der Waals surface area contributed by atoms with E-state index in [2.05, 4.69) is 6.07 Å². The number of allylic oxidation sites excluding steroid dienone is 1. The second-order valence-corrected chi connectivity index (χ2v) is 9.76. The molecule has 8 heteroatoms. The molecular weight excluding hydrogens is 520 g/mol. The summed E-state index contributed by atoms with van der Waals surface area (Å²) in [5.41, 5.74) is 10.2. The lowest BCUT2D eigenvalue weighted by Crippen LogP contribution is -2.39. The monoisotopic (exact) mass is 546 g/mol. The first-order valence-electron chi connectivity index (χ1n) is 13.1. The molecule has 2 unspecified atom stereocenters. The molecule has 2 aliphatic rings. The van der Waals surface area contributed by atoms with E-state index in [9.17, 15) is 10.1 Å². The van der Waals surface area contributed by atoms with Crippen LogP contribution in [0.2, 0.25) is 0 Å². The lowest BCUT2D eigenvalue weighted by atomic mass is 9.83. The quantitative estimate of drug-likeness (QED) is 0.248. The normalized spacial score (nSPS) is 17.1. The van der Waals surface area contributed by atoms with Crippen LogP contribution in [0.4, 0.5) is 0 Å². The molecule has 4 aromatic rings. The van der Waals surface area contributed by atoms with Gasteiger partial charge in [-0.15, -0.1) is 0 Å².